The number of phenols is 1. The van der Waals surface area contributed by atoms with E-state index in [4.69, 9.17) is 0 Å². The molecule has 0 saturated heterocycles. The quantitative estimate of drug-likeness (QED) is 0.582. The molecule has 0 radical (unpaired) electrons. The molecule has 0 heterocycles. The second-order valence-electron chi connectivity index (χ2n) is 3.45. The molecule has 15 heavy (non-hydrogen) atoms. The number of phenolic OH excluding ortho intramolecular Hbond substituents is 1. The molecule has 0 aromatic heterocycles. The molecule has 1 aromatic carbocycles. The molecule has 0 saturated carbocycles. The highest BCUT2D eigenvalue weighted by atomic mass is 16.3. The Kier molecular flexibility index (Phi) is 4.73. The van der Waals surface area contributed by atoms with Crippen LogP contribution in [0.5, 0.6) is 5.75 Å². The van der Waals surface area contributed by atoms with Gasteiger partial charge in [0.05, 0.1) is 0 Å². The van der Waals surface area contributed by atoms with Gasteiger partial charge in [-0.05, 0) is 31.5 Å². The van der Waals surface area contributed by atoms with Crippen molar-refractivity contribution in [3.63, 3.8) is 0 Å². The summed E-state index contributed by atoms with van der Waals surface area (Å²) in [5, 5.41) is 12.7. The van der Waals surface area contributed by atoms with Gasteiger partial charge in [-0.2, -0.15) is 0 Å². The van der Waals surface area contributed by atoms with Gasteiger partial charge in [0.25, 0.3) is 0 Å². The summed E-state index contributed by atoms with van der Waals surface area (Å²) in [5.41, 5.74) is 1.10. The van der Waals surface area contributed by atoms with Crippen LogP contribution in [0.3, 0.4) is 0 Å². The second-order valence-corrected chi connectivity index (χ2v) is 3.45. The molecule has 0 spiro atoms. The van der Waals surface area contributed by atoms with E-state index in [2.05, 4.69) is 24.1 Å². The van der Waals surface area contributed by atoms with Crippen LogP contribution in [0.25, 0.3) is 0 Å². The van der Waals surface area contributed by atoms with Gasteiger partial charge >= 0.3 is 0 Å². The maximum Gasteiger partial charge on any atom is 0.115 e. The standard InChI is InChI=1S/C13H17NO/c1-3-4-5-9-14-11(2)12-7-6-8-13(15)10-12/h6-8,10-11,14-15H,5,9H2,1-2H3. The summed E-state index contributed by atoms with van der Waals surface area (Å²) in [4.78, 5) is 0. The number of aromatic hydroxyl groups is 1. The van der Waals surface area contributed by atoms with Gasteiger partial charge in [0.2, 0.25) is 0 Å². The maximum atomic E-state index is 9.32. The molecule has 1 atom stereocenters. The van der Waals surface area contributed by atoms with Crippen LogP contribution in [0, 0.1) is 11.8 Å². The summed E-state index contributed by atoms with van der Waals surface area (Å²) < 4.78 is 0. The predicted octanol–water partition coefficient (Wildman–Crippen LogP) is 2.46. The molecule has 0 aliphatic heterocycles. The summed E-state index contributed by atoms with van der Waals surface area (Å²) in [5.74, 6) is 6.18. The van der Waals surface area contributed by atoms with Gasteiger partial charge in [-0.25, -0.2) is 0 Å². The van der Waals surface area contributed by atoms with E-state index in [1.807, 2.05) is 19.1 Å². The van der Waals surface area contributed by atoms with Crippen LogP contribution in [0.1, 0.15) is 31.9 Å². The molecule has 0 bridgehead atoms. The van der Waals surface area contributed by atoms with E-state index >= 15 is 0 Å². The first-order chi connectivity index (χ1) is 7.24. The number of hydrogen-bond donors (Lipinski definition) is 2. The van der Waals surface area contributed by atoms with Crippen LogP contribution in [-0.4, -0.2) is 11.7 Å². The SMILES string of the molecule is CC#CCCNC(C)c1cccc(O)c1. The average Bonchev–Trinajstić information content (AvgIpc) is 2.24. The van der Waals surface area contributed by atoms with Crippen LogP contribution < -0.4 is 5.32 Å². The Morgan fingerprint density at radius 1 is 1.47 bits per heavy atom. The van der Waals surface area contributed by atoms with E-state index in [1.165, 1.54) is 0 Å². The Bertz CT molecular complexity index is 362. The summed E-state index contributed by atoms with van der Waals surface area (Å²) in [7, 11) is 0. The van der Waals surface area contributed by atoms with E-state index in [9.17, 15) is 5.11 Å². The molecular formula is C13H17NO. The third kappa shape index (κ3) is 4.05. The summed E-state index contributed by atoms with van der Waals surface area (Å²) in [6, 6.07) is 7.57. The lowest BCUT2D eigenvalue weighted by atomic mass is 10.1. The van der Waals surface area contributed by atoms with Crippen molar-refractivity contribution >= 4 is 0 Å². The van der Waals surface area contributed by atoms with Crippen molar-refractivity contribution in [1.82, 2.24) is 5.32 Å². The first-order valence-electron chi connectivity index (χ1n) is 5.16. The first kappa shape index (κ1) is 11.6. The zero-order chi connectivity index (χ0) is 11.1. The summed E-state index contributed by atoms with van der Waals surface area (Å²) in [6.07, 6.45) is 0.861. The monoisotopic (exact) mass is 203 g/mol. The number of nitrogens with one attached hydrogen (secondary N) is 1. The van der Waals surface area contributed by atoms with E-state index in [0.717, 1.165) is 18.5 Å². The third-order valence-electron chi connectivity index (χ3n) is 2.25. The maximum absolute atomic E-state index is 9.32. The molecular weight excluding hydrogens is 186 g/mol. The van der Waals surface area contributed by atoms with Crippen molar-refractivity contribution < 1.29 is 5.11 Å². The molecule has 0 amide bonds. The number of hydrogen-bond acceptors (Lipinski definition) is 2. The normalized spacial score (nSPS) is 11.6. The Morgan fingerprint density at radius 2 is 2.27 bits per heavy atom. The molecule has 0 aliphatic rings. The zero-order valence-corrected chi connectivity index (χ0v) is 9.25. The van der Waals surface area contributed by atoms with Gasteiger partial charge in [0, 0.05) is 19.0 Å². The van der Waals surface area contributed by atoms with Gasteiger partial charge in [-0.1, -0.05) is 12.1 Å². The van der Waals surface area contributed by atoms with E-state index < -0.39 is 0 Å². The fourth-order valence-corrected chi connectivity index (χ4v) is 1.39. The summed E-state index contributed by atoms with van der Waals surface area (Å²) in [6.45, 7) is 4.80. The molecule has 80 valence electrons. The molecule has 2 N–H and O–H groups in total. The Labute approximate surface area is 91.3 Å². The van der Waals surface area contributed by atoms with Gasteiger partial charge in [-0.3, -0.25) is 0 Å². The van der Waals surface area contributed by atoms with E-state index in [1.54, 1.807) is 12.1 Å². The van der Waals surface area contributed by atoms with Crippen molar-refractivity contribution in [2.24, 2.45) is 0 Å². The molecule has 2 nitrogen and oxygen atoms in total. The van der Waals surface area contributed by atoms with Gasteiger partial charge < -0.3 is 10.4 Å². The smallest absolute Gasteiger partial charge is 0.115 e. The largest absolute Gasteiger partial charge is 0.508 e. The third-order valence-corrected chi connectivity index (χ3v) is 2.25. The highest BCUT2D eigenvalue weighted by Crippen LogP contribution is 2.17. The van der Waals surface area contributed by atoms with Gasteiger partial charge in [0.1, 0.15) is 5.75 Å². The lowest BCUT2D eigenvalue weighted by molar-refractivity contribution is 0.472. The summed E-state index contributed by atoms with van der Waals surface area (Å²) >= 11 is 0. The molecule has 1 aromatic rings. The Balaban J connectivity index is 2.45. The van der Waals surface area contributed by atoms with Crippen molar-refractivity contribution in [1.29, 1.82) is 0 Å². The minimum absolute atomic E-state index is 0.246. The van der Waals surface area contributed by atoms with E-state index in [-0.39, 0.29) is 6.04 Å². The lowest BCUT2D eigenvalue weighted by Gasteiger charge is -2.13. The van der Waals surface area contributed by atoms with Crippen LogP contribution in [0.4, 0.5) is 0 Å². The van der Waals surface area contributed by atoms with Crippen LogP contribution in [-0.2, 0) is 0 Å². The first-order valence-corrected chi connectivity index (χ1v) is 5.16. The highest BCUT2D eigenvalue weighted by molar-refractivity contribution is 5.28. The van der Waals surface area contributed by atoms with E-state index in [0.29, 0.717) is 5.75 Å². The fourth-order valence-electron chi connectivity index (χ4n) is 1.39. The van der Waals surface area contributed by atoms with Crippen molar-refractivity contribution in [2.45, 2.75) is 26.3 Å². The number of rotatable bonds is 4. The fraction of sp³-hybridized carbons (Fsp3) is 0.385. The number of benzene rings is 1. The van der Waals surface area contributed by atoms with Crippen LogP contribution in [0.15, 0.2) is 24.3 Å². The minimum atomic E-state index is 0.246. The average molecular weight is 203 g/mol. The highest BCUT2D eigenvalue weighted by Gasteiger charge is 2.03. The topological polar surface area (TPSA) is 32.3 Å². The molecule has 2 heteroatoms. The van der Waals surface area contributed by atoms with Crippen LogP contribution in [0.2, 0.25) is 0 Å². The zero-order valence-electron chi connectivity index (χ0n) is 9.25. The molecule has 0 aliphatic carbocycles. The molecule has 1 rings (SSSR count). The molecule has 1 unspecified atom stereocenters. The van der Waals surface area contributed by atoms with Gasteiger partial charge in [-0.15, -0.1) is 11.8 Å². The predicted molar refractivity (Wildman–Crippen MR) is 62.6 cm³/mol. The lowest BCUT2D eigenvalue weighted by Crippen LogP contribution is -2.19. The van der Waals surface area contributed by atoms with Crippen molar-refractivity contribution in [3.05, 3.63) is 29.8 Å². The minimum Gasteiger partial charge on any atom is -0.508 e. The second kappa shape index (κ2) is 6.10. The van der Waals surface area contributed by atoms with Gasteiger partial charge in [0.15, 0.2) is 0 Å². The Hall–Kier alpha value is -1.46. The van der Waals surface area contributed by atoms with Crippen LogP contribution >= 0.6 is 0 Å². The molecule has 0 fully saturated rings. The van der Waals surface area contributed by atoms with Crippen molar-refractivity contribution in [3.8, 4) is 17.6 Å². The Morgan fingerprint density at radius 3 is 2.93 bits per heavy atom. The van der Waals surface area contributed by atoms with Crippen molar-refractivity contribution in [2.75, 3.05) is 6.54 Å².